The van der Waals surface area contributed by atoms with E-state index in [0.29, 0.717) is 6.42 Å². The lowest BCUT2D eigenvalue weighted by Crippen LogP contribution is -2.26. The van der Waals surface area contributed by atoms with Crippen LogP contribution in [0.3, 0.4) is 0 Å². The van der Waals surface area contributed by atoms with Crippen molar-refractivity contribution in [3.05, 3.63) is 126 Å². The van der Waals surface area contributed by atoms with E-state index in [1.165, 1.54) is 33.2 Å². The molecule has 0 spiro atoms. The van der Waals surface area contributed by atoms with Gasteiger partial charge < -0.3 is 14.2 Å². The summed E-state index contributed by atoms with van der Waals surface area (Å²) in [5.41, 5.74) is 8.23. The Kier molecular flexibility index (Phi) is 5.93. The van der Waals surface area contributed by atoms with Crippen LogP contribution in [-0.4, -0.2) is 27.7 Å². The zero-order valence-corrected chi connectivity index (χ0v) is 23.1. The second-order valence-corrected chi connectivity index (χ2v) is 10.7. The Hall–Kier alpha value is -4.77. The maximum absolute atomic E-state index is 6.70. The van der Waals surface area contributed by atoms with Crippen molar-refractivity contribution >= 4 is 27.5 Å². The van der Waals surface area contributed by atoms with Crippen LogP contribution in [0.15, 0.2) is 108 Å². The highest BCUT2D eigenvalue weighted by atomic mass is 16.4. The molecule has 2 aromatic heterocycles. The van der Waals surface area contributed by atoms with Crippen LogP contribution in [0.2, 0.25) is 0 Å². The molecule has 0 atom stereocenters. The molecule has 0 N–H and O–H groups in total. The van der Waals surface area contributed by atoms with Crippen LogP contribution in [0.4, 0.5) is 5.69 Å². The van der Waals surface area contributed by atoms with Crippen molar-refractivity contribution in [1.82, 2.24) is 14.5 Å². The Balaban J connectivity index is 1.30. The summed E-state index contributed by atoms with van der Waals surface area (Å²) in [7, 11) is 0. The molecule has 0 unspecified atom stereocenters. The molecule has 0 saturated carbocycles. The van der Waals surface area contributed by atoms with Crippen LogP contribution in [-0.2, 0) is 6.42 Å². The number of nitrogens with zero attached hydrogens (tertiary/aromatic N) is 4. The van der Waals surface area contributed by atoms with E-state index in [1.54, 1.807) is 0 Å². The third-order valence-corrected chi connectivity index (χ3v) is 7.84. The number of hydrogen-bond donors (Lipinski definition) is 0. The molecule has 198 valence electrons. The monoisotopic (exact) mass is 524 g/mol. The molecule has 5 heteroatoms. The van der Waals surface area contributed by atoms with Crippen molar-refractivity contribution in [3.8, 4) is 17.1 Å². The Bertz CT molecular complexity index is 1800. The predicted octanol–water partition coefficient (Wildman–Crippen LogP) is 8.16. The molecule has 0 amide bonds. The molecule has 40 heavy (non-hydrogen) atoms. The van der Waals surface area contributed by atoms with E-state index < -0.39 is 0 Å². The molecule has 3 heterocycles. The summed E-state index contributed by atoms with van der Waals surface area (Å²) in [5, 5.41) is 2.43. The molecule has 0 bridgehead atoms. The maximum atomic E-state index is 6.70. The van der Waals surface area contributed by atoms with Gasteiger partial charge in [0.25, 0.3) is 0 Å². The second kappa shape index (κ2) is 9.76. The number of hydrogen-bond acceptors (Lipinski definition) is 4. The molecule has 0 radical (unpaired) electrons. The molecule has 0 fully saturated rings. The van der Waals surface area contributed by atoms with E-state index in [9.17, 15) is 0 Å². The van der Waals surface area contributed by atoms with E-state index in [4.69, 9.17) is 9.40 Å². The fourth-order valence-corrected chi connectivity index (χ4v) is 6.10. The second-order valence-electron chi connectivity index (χ2n) is 10.7. The molecule has 5 nitrogen and oxygen atoms in total. The minimum absolute atomic E-state index is 0.709. The average molecular weight is 525 g/mol. The molecule has 4 aromatic carbocycles. The zero-order valence-electron chi connectivity index (χ0n) is 23.1. The van der Waals surface area contributed by atoms with Crippen molar-refractivity contribution in [3.63, 3.8) is 0 Å². The van der Waals surface area contributed by atoms with Gasteiger partial charge >= 0.3 is 0 Å². The number of aromatic nitrogens is 2. The average Bonchev–Trinajstić information content (AvgIpc) is 3.68. The Morgan fingerprint density at radius 1 is 0.750 bits per heavy atom. The highest BCUT2D eigenvalue weighted by molar-refractivity contribution is 6.09. The van der Waals surface area contributed by atoms with Crippen molar-refractivity contribution < 1.29 is 4.42 Å². The first-order valence-electron chi connectivity index (χ1n) is 13.9. The molecular formula is C35H32N4O. The molecule has 0 aliphatic carbocycles. The smallest absolute Gasteiger partial charge is 0.198 e. The van der Waals surface area contributed by atoms with Crippen LogP contribution >= 0.6 is 0 Å². The van der Waals surface area contributed by atoms with Crippen molar-refractivity contribution in [2.75, 3.05) is 18.1 Å². The van der Waals surface area contributed by atoms with Crippen molar-refractivity contribution in [1.29, 1.82) is 0 Å². The zero-order chi connectivity index (χ0) is 27.2. The number of para-hydroxylation sites is 3. The Morgan fingerprint density at radius 2 is 1.38 bits per heavy atom. The third-order valence-electron chi connectivity index (χ3n) is 7.84. The fourth-order valence-electron chi connectivity index (χ4n) is 6.10. The van der Waals surface area contributed by atoms with Crippen LogP contribution in [0.5, 0.6) is 0 Å². The molecule has 6 aromatic rings. The number of aryl methyl sites for hydroxylation is 3. The molecule has 0 saturated heterocycles. The van der Waals surface area contributed by atoms with E-state index in [2.05, 4.69) is 132 Å². The standard InChI is InChI=1S/C35H32N4O/c1-24-21-25(2)33(26(3)22-24)34-35(39-30-15-9-7-13-28(30)29-14-8-10-16-31(29)39)36-32(40-34)17-18-37-19-20-38(23-37)27-11-5-4-6-12-27/h4-16,19-22H,17-18,23H2,1-3H3. The van der Waals surface area contributed by atoms with Crippen LogP contribution in [0.1, 0.15) is 22.6 Å². The third kappa shape index (κ3) is 4.15. The van der Waals surface area contributed by atoms with Crippen LogP contribution in [0, 0.1) is 20.8 Å². The summed E-state index contributed by atoms with van der Waals surface area (Å²) < 4.78 is 8.98. The summed E-state index contributed by atoms with van der Waals surface area (Å²) in [4.78, 5) is 9.76. The minimum atomic E-state index is 0.709. The van der Waals surface area contributed by atoms with Gasteiger partial charge in [0.15, 0.2) is 17.5 Å². The van der Waals surface area contributed by atoms with Crippen molar-refractivity contribution in [2.45, 2.75) is 27.2 Å². The first-order chi connectivity index (χ1) is 19.6. The van der Waals surface area contributed by atoms with Gasteiger partial charge in [0.1, 0.15) is 0 Å². The Labute approximate surface area is 234 Å². The normalized spacial score (nSPS) is 13.3. The highest BCUT2D eigenvalue weighted by Gasteiger charge is 2.24. The van der Waals surface area contributed by atoms with Gasteiger partial charge in [0, 0.05) is 47.4 Å². The van der Waals surface area contributed by atoms with Crippen LogP contribution in [0.25, 0.3) is 38.9 Å². The lowest BCUT2D eigenvalue weighted by Gasteiger charge is -2.20. The van der Waals surface area contributed by atoms with E-state index >= 15 is 0 Å². The van der Waals surface area contributed by atoms with E-state index in [1.807, 2.05) is 6.07 Å². The lowest BCUT2D eigenvalue weighted by atomic mass is 9.98. The summed E-state index contributed by atoms with van der Waals surface area (Å²) >= 11 is 0. The maximum Gasteiger partial charge on any atom is 0.198 e. The summed E-state index contributed by atoms with van der Waals surface area (Å²) in [6.07, 6.45) is 5.00. The predicted molar refractivity (Wildman–Crippen MR) is 164 cm³/mol. The number of benzene rings is 4. The first-order valence-corrected chi connectivity index (χ1v) is 13.9. The first kappa shape index (κ1) is 24.3. The van der Waals surface area contributed by atoms with Crippen LogP contribution < -0.4 is 4.90 Å². The molecule has 1 aliphatic heterocycles. The van der Waals surface area contributed by atoms with Gasteiger partial charge in [-0.1, -0.05) is 72.3 Å². The largest absolute Gasteiger partial charge is 0.438 e. The van der Waals surface area contributed by atoms with Gasteiger partial charge in [-0.15, -0.1) is 0 Å². The molecule has 1 aliphatic rings. The van der Waals surface area contributed by atoms with E-state index in [-0.39, 0.29) is 0 Å². The molecular weight excluding hydrogens is 492 g/mol. The summed E-state index contributed by atoms with van der Waals surface area (Å²) in [6.45, 7) is 8.11. The topological polar surface area (TPSA) is 37.4 Å². The Morgan fingerprint density at radius 3 is 2.05 bits per heavy atom. The quantitative estimate of drug-likeness (QED) is 0.220. The highest BCUT2D eigenvalue weighted by Crippen LogP contribution is 2.38. The number of oxazole rings is 1. The van der Waals surface area contributed by atoms with E-state index in [0.717, 1.165) is 47.3 Å². The van der Waals surface area contributed by atoms with Gasteiger partial charge in [0.2, 0.25) is 0 Å². The number of rotatable bonds is 6. The van der Waals surface area contributed by atoms with Gasteiger partial charge in [-0.2, -0.15) is 4.98 Å². The summed E-state index contributed by atoms with van der Waals surface area (Å²) in [6, 6.07) is 32.1. The van der Waals surface area contributed by atoms with Gasteiger partial charge in [-0.25, -0.2) is 0 Å². The van der Waals surface area contributed by atoms with Gasteiger partial charge in [-0.3, -0.25) is 4.57 Å². The summed E-state index contributed by atoms with van der Waals surface area (Å²) in [5.74, 6) is 2.43. The SMILES string of the molecule is Cc1cc(C)c(-c2oc(CCN3C=CN(c4ccccc4)C3)nc2-n2c3ccccc3c3ccccc32)c(C)c1. The fraction of sp³-hybridized carbons (Fsp3) is 0.171. The lowest BCUT2D eigenvalue weighted by molar-refractivity contribution is 0.385. The van der Waals surface area contributed by atoms with Gasteiger partial charge in [-0.05, 0) is 56.2 Å². The van der Waals surface area contributed by atoms with Crippen molar-refractivity contribution in [2.24, 2.45) is 0 Å². The van der Waals surface area contributed by atoms with Gasteiger partial charge in [0.05, 0.1) is 17.7 Å². The number of fused-ring (bicyclic) bond motifs is 3. The molecule has 7 rings (SSSR count). The number of anilines is 1. The minimum Gasteiger partial charge on any atom is -0.438 e.